The second-order valence-electron chi connectivity index (χ2n) is 6.95. The summed E-state index contributed by atoms with van der Waals surface area (Å²) in [6, 6.07) is 0. The van der Waals surface area contributed by atoms with Gasteiger partial charge in [-0.05, 0) is 51.9 Å². The van der Waals surface area contributed by atoms with Crippen molar-refractivity contribution >= 4 is 0 Å². The summed E-state index contributed by atoms with van der Waals surface area (Å²) >= 11 is 0. The number of unbranched alkanes of at least 4 members (excludes halogenated alkanes) is 3. The van der Waals surface area contributed by atoms with Gasteiger partial charge in [-0.15, -0.1) is 0 Å². The van der Waals surface area contributed by atoms with Crippen molar-refractivity contribution in [2.45, 2.75) is 45.4 Å². The molecule has 0 aromatic heterocycles. The third kappa shape index (κ3) is 5.71. The SMILES string of the molecule is CCCCCCN1CCN(CC2CCN(C)CC2)CC1. The van der Waals surface area contributed by atoms with Crippen molar-refractivity contribution in [1.82, 2.24) is 14.7 Å². The van der Waals surface area contributed by atoms with Crippen molar-refractivity contribution in [2.24, 2.45) is 5.92 Å². The van der Waals surface area contributed by atoms with E-state index in [4.69, 9.17) is 0 Å². The predicted octanol–water partition coefficient (Wildman–Crippen LogP) is 2.53. The van der Waals surface area contributed by atoms with Crippen LogP contribution in [-0.2, 0) is 0 Å². The van der Waals surface area contributed by atoms with E-state index < -0.39 is 0 Å². The van der Waals surface area contributed by atoms with Gasteiger partial charge >= 0.3 is 0 Å². The van der Waals surface area contributed by atoms with Crippen molar-refractivity contribution in [3.8, 4) is 0 Å². The Hall–Kier alpha value is -0.120. The third-order valence-electron chi connectivity index (χ3n) is 5.15. The van der Waals surface area contributed by atoms with Crippen LogP contribution < -0.4 is 0 Å². The van der Waals surface area contributed by atoms with Gasteiger partial charge in [0.05, 0.1) is 0 Å². The Morgan fingerprint density at radius 3 is 2.10 bits per heavy atom. The standard InChI is InChI=1S/C17H35N3/c1-3-4-5-6-9-19-12-14-20(15-13-19)16-17-7-10-18(2)11-8-17/h17H,3-16H2,1-2H3. The van der Waals surface area contributed by atoms with Crippen molar-refractivity contribution in [3.63, 3.8) is 0 Å². The molecule has 0 N–H and O–H groups in total. The Morgan fingerprint density at radius 2 is 1.45 bits per heavy atom. The van der Waals surface area contributed by atoms with Crippen LogP contribution in [0.15, 0.2) is 0 Å². The first-order chi connectivity index (χ1) is 9.78. The molecule has 0 saturated carbocycles. The Labute approximate surface area is 126 Å². The van der Waals surface area contributed by atoms with E-state index in [0.29, 0.717) is 0 Å². The third-order valence-corrected chi connectivity index (χ3v) is 5.15. The molecule has 3 heteroatoms. The highest BCUT2D eigenvalue weighted by molar-refractivity contribution is 4.77. The molecule has 0 radical (unpaired) electrons. The molecule has 2 saturated heterocycles. The van der Waals surface area contributed by atoms with Gasteiger partial charge in [0, 0.05) is 32.7 Å². The largest absolute Gasteiger partial charge is 0.306 e. The van der Waals surface area contributed by atoms with Gasteiger partial charge in [0.15, 0.2) is 0 Å². The van der Waals surface area contributed by atoms with E-state index in [1.54, 1.807) is 0 Å². The fraction of sp³-hybridized carbons (Fsp3) is 1.00. The van der Waals surface area contributed by atoms with Crippen molar-refractivity contribution < 1.29 is 0 Å². The Morgan fingerprint density at radius 1 is 0.800 bits per heavy atom. The van der Waals surface area contributed by atoms with E-state index in [9.17, 15) is 0 Å². The maximum absolute atomic E-state index is 2.72. The molecule has 3 nitrogen and oxygen atoms in total. The topological polar surface area (TPSA) is 9.72 Å². The second-order valence-corrected chi connectivity index (χ2v) is 6.95. The van der Waals surface area contributed by atoms with Gasteiger partial charge in [0.25, 0.3) is 0 Å². The minimum atomic E-state index is 0.960. The Bertz CT molecular complexity index is 241. The van der Waals surface area contributed by atoms with Crippen LogP contribution in [0.4, 0.5) is 0 Å². The summed E-state index contributed by atoms with van der Waals surface area (Å²) in [5, 5.41) is 0. The van der Waals surface area contributed by atoms with E-state index in [0.717, 1.165) is 5.92 Å². The number of likely N-dealkylation sites (tertiary alicyclic amines) is 1. The lowest BCUT2D eigenvalue weighted by Gasteiger charge is -2.38. The van der Waals surface area contributed by atoms with Crippen molar-refractivity contribution in [1.29, 1.82) is 0 Å². The summed E-state index contributed by atoms with van der Waals surface area (Å²) in [5.74, 6) is 0.960. The molecule has 0 aliphatic carbocycles. The number of rotatable bonds is 7. The van der Waals surface area contributed by atoms with Crippen LogP contribution in [-0.4, -0.2) is 74.1 Å². The molecule has 0 spiro atoms. The zero-order valence-corrected chi connectivity index (χ0v) is 13.8. The molecule has 118 valence electrons. The normalized spacial score (nSPS) is 24.3. The number of piperazine rings is 1. The fourth-order valence-corrected chi connectivity index (χ4v) is 3.57. The fourth-order valence-electron chi connectivity index (χ4n) is 3.57. The second kappa shape index (κ2) is 9.01. The Balaban J connectivity index is 1.55. The molecule has 0 aromatic carbocycles. The Kier molecular flexibility index (Phi) is 7.32. The predicted molar refractivity (Wildman–Crippen MR) is 87.2 cm³/mol. The van der Waals surface area contributed by atoms with Crippen LogP contribution in [0.3, 0.4) is 0 Å². The summed E-state index contributed by atoms with van der Waals surface area (Å²) in [4.78, 5) is 7.88. The number of piperidine rings is 1. The molecule has 0 aromatic rings. The van der Waals surface area contributed by atoms with Gasteiger partial charge < -0.3 is 14.7 Å². The zero-order chi connectivity index (χ0) is 14.2. The van der Waals surface area contributed by atoms with Crippen LogP contribution in [0.5, 0.6) is 0 Å². The van der Waals surface area contributed by atoms with Crippen LogP contribution in [0, 0.1) is 5.92 Å². The van der Waals surface area contributed by atoms with Gasteiger partial charge in [-0.1, -0.05) is 26.2 Å². The highest BCUT2D eigenvalue weighted by Gasteiger charge is 2.22. The molecule has 20 heavy (non-hydrogen) atoms. The van der Waals surface area contributed by atoms with Gasteiger partial charge in [-0.3, -0.25) is 0 Å². The van der Waals surface area contributed by atoms with Crippen molar-refractivity contribution in [3.05, 3.63) is 0 Å². The molecule has 0 bridgehead atoms. The minimum absolute atomic E-state index is 0.960. The van der Waals surface area contributed by atoms with Crippen LogP contribution in [0.25, 0.3) is 0 Å². The lowest BCUT2D eigenvalue weighted by molar-refractivity contribution is 0.0989. The van der Waals surface area contributed by atoms with Crippen LogP contribution >= 0.6 is 0 Å². The quantitative estimate of drug-likeness (QED) is 0.664. The van der Waals surface area contributed by atoms with E-state index >= 15 is 0 Å². The summed E-state index contributed by atoms with van der Waals surface area (Å²) in [6.07, 6.45) is 8.41. The smallest absolute Gasteiger partial charge is 0.0110 e. The molecule has 2 aliphatic rings. The lowest BCUT2D eigenvalue weighted by Crippen LogP contribution is -2.48. The van der Waals surface area contributed by atoms with E-state index in [-0.39, 0.29) is 0 Å². The minimum Gasteiger partial charge on any atom is -0.306 e. The maximum Gasteiger partial charge on any atom is 0.0110 e. The monoisotopic (exact) mass is 281 g/mol. The average molecular weight is 281 g/mol. The number of hydrogen-bond donors (Lipinski definition) is 0. The van der Waals surface area contributed by atoms with Gasteiger partial charge in [0.2, 0.25) is 0 Å². The molecular formula is C17H35N3. The molecule has 0 atom stereocenters. The van der Waals surface area contributed by atoms with Gasteiger partial charge in [0.1, 0.15) is 0 Å². The first-order valence-corrected chi connectivity index (χ1v) is 8.91. The molecular weight excluding hydrogens is 246 g/mol. The highest BCUT2D eigenvalue weighted by atomic mass is 15.3. The first-order valence-electron chi connectivity index (χ1n) is 8.91. The molecule has 0 amide bonds. The molecule has 2 fully saturated rings. The zero-order valence-electron chi connectivity index (χ0n) is 13.8. The van der Waals surface area contributed by atoms with Crippen molar-refractivity contribution in [2.75, 3.05) is 59.4 Å². The highest BCUT2D eigenvalue weighted by Crippen LogP contribution is 2.18. The first kappa shape index (κ1) is 16.3. The van der Waals surface area contributed by atoms with Gasteiger partial charge in [-0.2, -0.15) is 0 Å². The summed E-state index contributed by atoms with van der Waals surface area (Å²) in [6.45, 7) is 12.8. The molecule has 2 aliphatic heterocycles. The molecule has 0 unspecified atom stereocenters. The summed E-state index contributed by atoms with van der Waals surface area (Å²) < 4.78 is 0. The molecule has 2 heterocycles. The maximum atomic E-state index is 2.72. The van der Waals surface area contributed by atoms with E-state index in [1.165, 1.54) is 90.9 Å². The molecule has 2 rings (SSSR count). The summed E-state index contributed by atoms with van der Waals surface area (Å²) in [5.41, 5.74) is 0. The van der Waals surface area contributed by atoms with Crippen LogP contribution in [0.2, 0.25) is 0 Å². The number of hydrogen-bond acceptors (Lipinski definition) is 3. The van der Waals surface area contributed by atoms with E-state index in [1.807, 2.05) is 0 Å². The number of nitrogens with zero attached hydrogens (tertiary/aromatic N) is 3. The van der Waals surface area contributed by atoms with E-state index in [2.05, 4.69) is 28.7 Å². The lowest BCUT2D eigenvalue weighted by atomic mass is 9.96. The average Bonchev–Trinajstić information content (AvgIpc) is 2.48. The van der Waals surface area contributed by atoms with Gasteiger partial charge in [-0.25, -0.2) is 0 Å². The van der Waals surface area contributed by atoms with Crippen LogP contribution in [0.1, 0.15) is 45.4 Å². The summed E-state index contributed by atoms with van der Waals surface area (Å²) in [7, 11) is 2.26.